The Morgan fingerprint density at radius 1 is 1.25 bits per heavy atom. The second-order valence-electron chi connectivity index (χ2n) is 6.45. The Hall–Kier alpha value is -0.120. The zero-order valence-corrected chi connectivity index (χ0v) is 11.3. The van der Waals surface area contributed by atoms with Crippen LogP contribution in [0.25, 0.3) is 0 Å². The molecule has 2 aliphatic rings. The van der Waals surface area contributed by atoms with Crippen LogP contribution in [0.5, 0.6) is 0 Å². The van der Waals surface area contributed by atoms with E-state index in [2.05, 4.69) is 43.1 Å². The minimum Gasteiger partial charge on any atom is -0.318 e. The first-order valence-electron chi connectivity index (χ1n) is 6.61. The van der Waals surface area contributed by atoms with Crippen molar-refractivity contribution in [3.63, 3.8) is 0 Å². The third-order valence-electron chi connectivity index (χ3n) is 3.88. The molecule has 2 fully saturated rings. The normalized spacial score (nSPS) is 32.6. The Morgan fingerprint density at radius 3 is 2.50 bits per heavy atom. The van der Waals surface area contributed by atoms with Gasteiger partial charge < -0.3 is 10.2 Å². The molecule has 1 aliphatic carbocycles. The van der Waals surface area contributed by atoms with Crippen molar-refractivity contribution in [3.8, 4) is 0 Å². The van der Waals surface area contributed by atoms with Gasteiger partial charge in [-0.05, 0) is 32.4 Å². The van der Waals surface area contributed by atoms with Crippen molar-refractivity contribution in [3.05, 3.63) is 0 Å². The summed E-state index contributed by atoms with van der Waals surface area (Å²) in [4.78, 5) is 5.27. The first-order chi connectivity index (χ1) is 7.52. The molecule has 0 bridgehead atoms. The molecule has 3 nitrogen and oxygen atoms in total. The van der Waals surface area contributed by atoms with Gasteiger partial charge in [0.1, 0.15) is 0 Å². The summed E-state index contributed by atoms with van der Waals surface area (Å²) in [5, 5.41) is 3.33. The average Bonchev–Trinajstić information content (AvgIpc) is 2.96. The van der Waals surface area contributed by atoms with Gasteiger partial charge in [0.05, 0.1) is 0 Å². The van der Waals surface area contributed by atoms with Gasteiger partial charge in [-0.15, -0.1) is 0 Å². The van der Waals surface area contributed by atoms with Crippen molar-refractivity contribution >= 4 is 0 Å². The molecule has 0 aromatic rings. The monoisotopic (exact) mass is 225 g/mol. The number of nitrogens with zero attached hydrogens (tertiary/aromatic N) is 2. The lowest BCUT2D eigenvalue weighted by Crippen LogP contribution is -2.45. The number of hydrogen-bond acceptors (Lipinski definition) is 3. The molecule has 0 radical (unpaired) electrons. The van der Waals surface area contributed by atoms with Crippen LogP contribution < -0.4 is 5.32 Å². The van der Waals surface area contributed by atoms with E-state index in [0.717, 1.165) is 12.6 Å². The molecule has 0 aromatic heterocycles. The zero-order chi connectivity index (χ0) is 11.8. The van der Waals surface area contributed by atoms with Gasteiger partial charge in [0.15, 0.2) is 0 Å². The Balaban J connectivity index is 2.05. The van der Waals surface area contributed by atoms with Crippen LogP contribution in [0.4, 0.5) is 0 Å². The molecule has 1 heterocycles. The minimum atomic E-state index is 0.430. The van der Waals surface area contributed by atoms with Gasteiger partial charge in [-0.3, -0.25) is 4.90 Å². The largest absolute Gasteiger partial charge is 0.318 e. The van der Waals surface area contributed by atoms with Crippen LogP contribution in [-0.4, -0.2) is 62.2 Å². The summed E-state index contributed by atoms with van der Waals surface area (Å²) in [6.45, 7) is 9.63. The van der Waals surface area contributed by atoms with Crippen molar-refractivity contribution in [1.29, 1.82) is 0 Å². The van der Waals surface area contributed by atoms with E-state index in [1.165, 1.54) is 32.5 Å². The summed E-state index contributed by atoms with van der Waals surface area (Å²) in [5.74, 6) is 0. The van der Waals surface area contributed by atoms with Crippen LogP contribution in [0.1, 0.15) is 26.7 Å². The molecule has 1 unspecified atom stereocenters. The van der Waals surface area contributed by atoms with E-state index < -0.39 is 0 Å². The Kier molecular flexibility index (Phi) is 3.57. The zero-order valence-electron chi connectivity index (χ0n) is 11.3. The van der Waals surface area contributed by atoms with Crippen molar-refractivity contribution in [1.82, 2.24) is 15.1 Å². The molecule has 0 aromatic carbocycles. The molecule has 0 spiro atoms. The van der Waals surface area contributed by atoms with Gasteiger partial charge in [0.25, 0.3) is 0 Å². The smallest absolute Gasteiger partial charge is 0.0345 e. The number of rotatable bonds is 3. The SMILES string of the molecule is CNCC1CN(C2CC2)CC(C)(C)CN1C. The molecule has 1 atom stereocenters. The Bertz CT molecular complexity index is 235. The summed E-state index contributed by atoms with van der Waals surface area (Å²) >= 11 is 0. The predicted octanol–water partition coefficient (Wildman–Crippen LogP) is 1.01. The fraction of sp³-hybridized carbons (Fsp3) is 1.00. The standard InChI is InChI=1S/C13H27N3/c1-13(2)9-15(4)12(7-14-3)8-16(10-13)11-5-6-11/h11-12,14H,5-10H2,1-4H3. The fourth-order valence-corrected chi connectivity index (χ4v) is 3.05. The molecule has 3 heteroatoms. The van der Waals surface area contributed by atoms with Crippen molar-refractivity contribution in [2.24, 2.45) is 5.41 Å². The maximum absolute atomic E-state index is 3.33. The molecule has 0 amide bonds. The van der Waals surface area contributed by atoms with Crippen LogP contribution in [0, 0.1) is 5.41 Å². The van der Waals surface area contributed by atoms with E-state index in [0.29, 0.717) is 11.5 Å². The number of hydrogen-bond donors (Lipinski definition) is 1. The van der Waals surface area contributed by atoms with Crippen molar-refractivity contribution < 1.29 is 0 Å². The second-order valence-corrected chi connectivity index (χ2v) is 6.45. The maximum atomic E-state index is 3.33. The quantitative estimate of drug-likeness (QED) is 0.773. The highest BCUT2D eigenvalue weighted by Gasteiger charge is 2.38. The fourth-order valence-electron chi connectivity index (χ4n) is 3.05. The average molecular weight is 225 g/mol. The van der Waals surface area contributed by atoms with Gasteiger partial charge in [0.2, 0.25) is 0 Å². The van der Waals surface area contributed by atoms with Crippen LogP contribution in [0.3, 0.4) is 0 Å². The first kappa shape index (κ1) is 12.3. The highest BCUT2D eigenvalue weighted by Crippen LogP contribution is 2.32. The molecule has 1 N–H and O–H groups in total. The molecule has 16 heavy (non-hydrogen) atoms. The van der Waals surface area contributed by atoms with Gasteiger partial charge in [-0.2, -0.15) is 0 Å². The lowest BCUT2D eigenvalue weighted by atomic mass is 9.92. The highest BCUT2D eigenvalue weighted by molar-refractivity contribution is 4.94. The summed E-state index contributed by atoms with van der Waals surface area (Å²) in [6.07, 6.45) is 2.85. The lowest BCUT2D eigenvalue weighted by molar-refractivity contribution is 0.188. The lowest BCUT2D eigenvalue weighted by Gasteiger charge is -2.30. The summed E-state index contributed by atoms with van der Waals surface area (Å²) < 4.78 is 0. The summed E-state index contributed by atoms with van der Waals surface area (Å²) in [7, 11) is 4.34. The number of nitrogens with one attached hydrogen (secondary N) is 1. The van der Waals surface area contributed by atoms with E-state index >= 15 is 0 Å². The van der Waals surface area contributed by atoms with Crippen LogP contribution in [-0.2, 0) is 0 Å². The second kappa shape index (κ2) is 4.63. The van der Waals surface area contributed by atoms with E-state index in [-0.39, 0.29) is 0 Å². The minimum absolute atomic E-state index is 0.430. The first-order valence-corrected chi connectivity index (χ1v) is 6.61. The van der Waals surface area contributed by atoms with Gasteiger partial charge in [0, 0.05) is 38.3 Å². The highest BCUT2D eigenvalue weighted by atomic mass is 15.3. The molecule has 2 rings (SSSR count). The molecule has 1 aliphatic heterocycles. The summed E-state index contributed by atoms with van der Waals surface area (Å²) in [5.41, 5.74) is 0.430. The Morgan fingerprint density at radius 2 is 1.94 bits per heavy atom. The van der Waals surface area contributed by atoms with Crippen LogP contribution >= 0.6 is 0 Å². The third kappa shape index (κ3) is 2.96. The molecular formula is C13H27N3. The van der Waals surface area contributed by atoms with Crippen molar-refractivity contribution in [2.75, 3.05) is 40.3 Å². The van der Waals surface area contributed by atoms with E-state index in [4.69, 9.17) is 0 Å². The van der Waals surface area contributed by atoms with E-state index in [9.17, 15) is 0 Å². The third-order valence-corrected chi connectivity index (χ3v) is 3.88. The van der Waals surface area contributed by atoms with Crippen molar-refractivity contribution in [2.45, 2.75) is 38.8 Å². The van der Waals surface area contributed by atoms with Crippen LogP contribution in [0.2, 0.25) is 0 Å². The maximum Gasteiger partial charge on any atom is 0.0345 e. The molecule has 1 saturated carbocycles. The van der Waals surface area contributed by atoms with E-state index in [1.807, 2.05) is 0 Å². The predicted molar refractivity (Wildman–Crippen MR) is 68.7 cm³/mol. The van der Waals surface area contributed by atoms with Gasteiger partial charge in [-0.1, -0.05) is 13.8 Å². The van der Waals surface area contributed by atoms with Gasteiger partial charge >= 0.3 is 0 Å². The summed E-state index contributed by atoms with van der Waals surface area (Å²) in [6, 6.07) is 1.57. The molecule has 94 valence electrons. The van der Waals surface area contributed by atoms with Gasteiger partial charge in [-0.25, -0.2) is 0 Å². The molecule has 1 saturated heterocycles. The van der Waals surface area contributed by atoms with E-state index in [1.54, 1.807) is 0 Å². The topological polar surface area (TPSA) is 18.5 Å². The number of likely N-dealkylation sites (N-methyl/N-ethyl adjacent to an activating group) is 2. The Labute approximate surface area is 100 Å². The van der Waals surface area contributed by atoms with Crippen LogP contribution in [0.15, 0.2) is 0 Å². The molecular weight excluding hydrogens is 198 g/mol.